The van der Waals surface area contributed by atoms with Gasteiger partial charge in [0.1, 0.15) is 0 Å². The summed E-state index contributed by atoms with van der Waals surface area (Å²) in [7, 11) is -2.44. The zero-order valence-electron chi connectivity index (χ0n) is 10.1. The number of nitrogens with zero attached hydrogens (tertiary/aromatic N) is 1. The van der Waals surface area contributed by atoms with Crippen LogP contribution in [0.25, 0.3) is 0 Å². The minimum absolute atomic E-state index is 0.0597. The fourth-order valence-electron chi connectivity index (χ4n) is 1.50. The van der Waals surface area contributed by atoms with E-state index in [0.29, 0.717) is 0 Å². The summed E-state index contributed by atoms with van der Waals surface area (Å²) >= 11 is 0. The van der Waals surface area contributed by atoms with E-state index < -0.39 is 10.0 Å². The van der Waals surface area contributed by atoms with Gasteiger partial charge in [0.05, 0.1) is 17.7 Å². The molecule has 0 bridgehead atoms. The smallest absolute Gasteiger partial charge is 0.282 e. The Morgan fingerprint density at radius 1 is 1.11 bits per heavy atom. The molecule has 5 nitrogen and oxygen atoms in total. The number of carbonyl (C=O) groups excluding carboxylic acids is 1. The highest BCUT2D eigenvalue weighted by Crippen LogP contribution is 2.14. The molecule has 1 aliphatic rings. The molecule has 0 spiro atoms. The molecule has 0 N–H and O–H groups in total. The van der Waals surface area contributed by atoms with Crippen molar-refractivity contribution < 1.29 is 17.9 Å². The molecule has 1 aromatic rings. The minimum Gasteiger partial charge on any atom is -0.493 e. The van der Waals surface area contributed by atoms with E-state index in [-0.39, 0.29) is 22.1 Å². The second-order valence-corrected chi connectivity index (χ2v) is 5.32. The highest BCUT2D eigenvalue weighted by Gasteiger charge is 2.16. The number of benzene rings is 1. The van der Waals surface area contributed by atoms with Gasteiger partial charge in [0.15, 0.2) is 5.76 Å². The second-order valence-electron chi connectivity index (χ2n) is 3.71. The number of rotatable bonds is 3. The van der Waals surface area contributed by atoms with Crippen molar-refractivity contribution in [2.45, 2.75) is 4.90 Å². The quantitative estimate of drug-likeness (QED) is 0.784. The van der Waals surface area contributed by atoms with Crippen LogP contribution < -0.4 is 0 Å². The Kier molecular flexibility index (Phi) is 3.62. The van der Waals surface area contributed by atoms with Crippen molar-refractivity contribution in [1.82, 2.24) is 0 Å². The summed E-state index contributed by atoms with van der Waals surface area (Å²) in [5, 5.41) is 0. The van der Waals surface area contributed by atoms with E-state index >= 15 is 0 Å². The topological polar surface area (TPSA) is 72.8 Å². The number of carbonyl (C=O) groups is 1. The number of ketones is 1. The zero-order valence-corrected chi connectivity index (χ0v) is 10.9. The Balaban J connectivity index is 2.40. The van der Waals surface area contributed by atoms with Crippen LogP contribution in [0.2, 0.25) is 0 Å². The predicted molar refractivity (Wildman–Crippen MR) is 70.3 cm³/mol. The van der Waals surface area contributed by atoms with Crippen LogP contribution in [0.4, 0.5) is 0 Å². The molecule has 98 valence electrons. The van der Waals surface area contributed by atoms with Gasteiger partial charge in [-0.05, 0) is 24.3 Å². The molecule has 0 heterocycles. The second kappa shape index (κ2) is 5.19. The number of sulfonamides is 1. The van der Waals surface area contributed by atoms with Crippen LogP contribution in [0.3, 0.4) is 0 Å². The number of methoxy groups -OCH3 is 1. The third-order valence-electron chi connectivity index (χ3n) is 2.41. The maximum absolute atomic E-state index is 12.0. The third kappa shape index (κ3) is 2.97. The van der Waals surface area contributed by atoms with Crippen molar-refractivity contribution in [3.05, 3.63) is 54.3 Å². The van der Waals surface area contributed by atoms with E-state index in [1.54, 1.807) is 18.2 Å². The van der Waals surface area contributed by atoms with Crippen LogP contribution in [-0.4, -0.2) is 27.0 Å². The fourth-order valence-corrected chi connectivity index (χ4v) is 2.49. The average Bonchev–Trinajstić information content (AvgIpc) is 2.42. The molecule has 6 heteroatoms. The summed E-state index contributed by atoms with van der Waals surface area (Å²) in [6, 6.07) is 7.86. The molecule has 0 aromatic heterocycles. The molecule has 2 rings (SSSR count). The Hall–Kier alpha value is -2.21. The van der Waals surface area contributed by atoms with Crippen molar-refractivity contribution in [3.63, 3.8) is 0 Å². The van der Waals surface area contributed by atoms with E-state index in [4.69, 9.17) is 4.74 Å². The highest BCUT2D eigenvalue weighted by atomic mass is 32.2. The van der Waals surface area contributed by atoms with Gasteiger partial charge in [-0.2, -0.15) is 12.8 Å². The first-order valence-electron chi connectivity index (χ1n) is 5.41. The van der Waals surface area contributed by atoms with Crippen molar-refractivity contribution in [1.29, 1.82) is 0 Å². The average molecular weight is 277 g/mol. The van der Waals surface area contributed by atoms with Gasteiger partial charge in [-0.25, -0.2) is 0 Å². The van der Waals surface area contributed by atoms with Crippen molar-refractivity contribution in [2.75, 3.05) is 7.11 Å². The normalized spacial score (nSPS) is 17.4. The molecule has 0 radical (unpaired) electrons. The zero-order chi connectivity index (χ0) is 13.9. The monoisotopic (exact) mass is 277 g/mol. The molecule has 0 fully saturated rings. The molecule has 0 unspecified atom stereocenters. The van der Waals surface area contributed by atoms with Gasteiger partial charge in [0.2, 0.25) is 5.78 Å². The van der Waals surface area contributed by atoms with Crippen molar-refractivity contribution >= 4 is 21.5 Å². The van der Waals surface area contributed by atoms with Gasteiger partial charge in [-0.3, -0.25) is 4.79 Å². The van der Waals surface area contributed by atoms with Gasteiger partial charge in [-0.15, -0.1) is 0 Å². The molecule has 0 saturated heterocycles. The Morgan fingerprint density at radius 2 is 1.79 bits per heavy atom. The van der Waals surface area contributed by atoms with E-state index in [1.165, 1.54) is 37.5 Å². The molecular weight excluding hydrogens is 266 g/mol. The lowest BCUT2D eigenvalue weighted by Crippen LogP contribution is -2.11. The molecule has 0 atom stereocenters. The number of ether oxygens (including phenoxy) is 1. The summed E-state index contributed by atoms with van der Waals surface area (Å²) in [5.41, 5.74) is 0.153. The van der Waals surface area contributed by atoms with E-state index in [9.17, 15) is 13.2 Å². The van der Waals surface area contributed by atoms with Crippen LogP contribution in [0.1, 0.15) is 0 Å². The van der Waals surface area contributed by atoms with Gasteiger partial charge in [0.25, 0.3) is 10.0 Å². The van der Waals surface area contributed by atoms with Gasteiger partial charge in [0, 0.05) is 6.08 Å². The summed E-state index contributed by atoms with van der Waals surface area (Å²) < 4.78 is 32.5. The standard InChI is InChI=1S/C13H11NO4S/c1-18-13-9-10(7-8-12(13)15)14-19(16,17)11-5-3-2-4-6-11/h2-9H,1H3/b14-10-. The number of allylic oxidation sites excluding steroid dienone is 3. The molecule has 0 aliphatic heterocycles. The lowest BCUT2D eigenvalue weighted by molar-refractivity contribution is -0.114. The maximum Gasteiger partial charge on any atom is 0.282 e. The first kappa shape index (κ1) is 13.2. The van der Waals surface area contributed by atoms with Gasteiger partial charge >= 0.3 is 0 Å². The summed E-state index contributed by atoms with van der Waals surface area (Å²) in [6.45, 7) is 0. The lowest BCUT2D eigenvalue weighted by Gasteiger charge is -2.07. The Morgan fingerprint density at radius 3 is 2.42 bits per heavy atom. The summed E-state index contributed by atoms with van der Waals surface area (Å²) in [6.07, 6.45) is 3.85. The van der Waals surface area contributed by atoms with Crippen molar-refractivity contribution in [3.8, 4) is 0 Å². The van der Waals surface area contributed by atoms with E-state index in [0.717, 1.165) is 0 Å². The van der Waals surface area contributed by atoms with Gasteiger partial charge < -0.3 is 4.74 Å². The third-order valence-corrected chi connectivity index (χ3v) is 3.73. The summed E-state index contributed by atoms with van der Waals surface area (Å²) in [4.78, 5) is 11.4. The SMILES string of the molecule is COC1=C/C(=N\S(=O)(=O)c2ccccc2)C=CC1=O. The van der Waals surface area contributed by atoms with Crippen LogP contribution in [0.5, 0.6) is 0 Å². The first-order chi connectivity index (χ1) is 9.03. The molecule has 0 amide bonds. The first-order valence-corrected chi connectivity index (χ1v) is 6.85. The highest BCUT2D eigenvalue weighted by molar-refractivity contribution is 7.90. The fraction of sp³-hybridized carbons (Fsp3) is 0.0769. The number of hydrogen-bond acceptors (Lipinski definition) is 4. The number of hydrogen-bond donors (Lipinski definition) is 0. The van der Waals surface area contributed by atoms with Crippen LogP contribution >= 0.6 is 0 Å². The molecule has 0 saturated carbocycles. The van der Waals surface area contributed by atoms with E-state index in [1.807, 2.05) is 0 Å². The van der Waals surface area contributed by atoms with Crippen LogP contribution in [0.15, 0.2) is 63.6 Å². The molecular formula is C13H11NO4S. The Labute approximate surface area is 111 Å². The van der Waals surface area contributed by atoms with Crippen molar-refractivity contribution in [2.24, 2.45) is 4.40 Å². The molecule has 1 aliphatic carbocycles. The lowest BCUT2D eigenvalue weighted by atomic mass is 10.1. The largest absolute Gasteiger partial charge is 0.493 e. The minimum atomic E-state index is -3.78. The maximum atomic E-state index is 12.0. The molecule has 19 heavy (non-hydrogen) atoms. The summed E-state index contributed by atoms with van der Waals surface area (Å²) in [5.74, 6) is -0.261. The predicted octanol–water partition coefficient (Wildman–Crippen LogP) is 1.49. The van der Waals surface area contributed by atoms with Crippen LogP contribution in [-0.2, 0) is 19.6 Å². The Bertz CT molecular complexity index is 685. The van der Waals surface area contributed by atoms with Gasteiger partial charge in [-0.1, -0.05) is 18.2 Å². The van der Waals surface area contributed by atoms with E-state index in [2.05, 4.69) is 4.40 Å². The molecule has 1 aromatic carbocycles. The van der Waals surface area contributed by atoms with Crippen LogP contribution in [0, 0.1) is 0 Å².